The Kier molecular flexibility index (Phi) is 3.53. The maximum atomic E-state index is 5.07. The summed E-state index contributed by atoms with van der Waals surface area (Å²) in [5, 5.41) is 3.09. The van der Waals surface area contributed by atoms with Crippen LogP contribution in [0.2, 0.25) is 0 Å². The molecule has 2 aromatic rings. The molecule has 0 aliphatic rings. The fourth-order valence-electron chi connectivity index (χ4n) is 1.38. The third kappa shape index (κ3) is 2.91. The first-order valence-corrected chi connectivity index (χ1v) is 6.06. The molecule has 0 unspecified atom stereocenters. The molecule has 17 heavy (non-hydrogen) atoms. The Labute approximate surface area is 104 Å². The van der Waals surface area contributed by atoms with Crippen molar-refractivity contribution in [2.45, 2.75) is 13.5 Å². The first-order chi connectivity index (χ1) is 8.19. The average Bonchev–Trinajstić information content (AvgIpc) is 2.75. The summed E-state index contributed by atoms with van der Waals surface area (Å²) in [5.41, 5.74) is 1.05. The summed E-state index contributed by atoms with van der Waals surface area (Å²) in [6, 6.07) is 1.73. The van der Waals surface area contributed by atoms with Crippen LogP contribution in [0.3, 0.4) is 0 Å². The van der Waals surface area contributed by atoms with Crippen molar-refractivity contribution in [1.82, 2.24) is 15.0 Å². The van der Waals surface area contributed by atoms with Crippen LogP contribution in [0.15, 0.2) is 17.6 Å². The number of aromatic nitrogens is 3. The largest absolute Gasteiger partial charge is 0.481 e. The van der Waals surface area contributed by atoms with Gasteiger partial charge in [-0.1, -0.05) is 0 Å². The highest BCUT2D eigenvalue weighted by Gasteiger charge is 2.08. The second-order valence-corrected chi connectivity index (χ2v) is 4.58. The number of hydrogen-bond donors (Lipinski definition) is 0. The van der Waals surface area contributed by atoms with Crippen LogP contribution in [0, 0.1) is 6.92 Å². The van der Waals surface area contributed by atoms with Crippen LogP contribution < -0.4 is 9.64 Å². The summed E-state index contributed by atoms with van der Waals surface area (Å²) in [7, 11) is 3.53. The first-order valence-electron chi connectivity index (χ1n) is 5.18. The molecular formula is C11H14N4OS. The van der Waals surface area contributed by atoms with Crippen molar-refractivity contribution in [2.75, 3.05) is 19.1 Å². The van der Waals surface area contributed by atoms with Gasteiger partial charge < -0.3 is 9.64 Å². The van der Waals surface area contributed by atoms with Crippen molar-refractivity contribution in [2.24, 2.45) is 0 Å². The fourth-order valence-corrected chi connectivity index (χ4v) is 2.20. The van der Waals surface area contributed by atoms with E-state index >= 15 is 0 Å². The molecule has 0 aromatic carbocycles. The molecular weight excluding hydrogens is 236 g/mol. The second kappa shape index (κ2) is 5.09. The predicted octanol–water partition coefficient (Wildman–Crippen LogP) is 1.89. The molecule has 2 rings (SSSR count). The lowest BCUT2D eigenvalue weighted by atomic mass is 10.5. The maximum absolute atomic E-state index is 5.07. The molecule has 0 fully saturated rings. The van der Waals surface area contributed by atoms with Gasteiger partial charge in [-0.15, -0.1) is 11.3 Å². The monoisotopic (exact) mass is 250 g/mol. The molecule has 0 aliphatic heterocycles. The third-order valence-corrected chi connectivity index (χ3v) is 3.16. The zero-order chi connectivity index (χ0) is 12.3. The number of thiazole rings is 1. The van der Waals surface area contributed by atoms with E-state index in [1.54, 1.807) is 30.7 Å². The van der Waals surface area contributed by atoms with Crippen LogP contribution in [-0.2, 0) is 6.54 Å². The van der Waals surface area contributed by atoms with E-state index in [4.69, 9.17) is 4.74 Å². The van der Waals surface area contributed by atoms with Gasteiger partial charge >= 0.3 is 0 Å². The van der Waals surface area contributed by atoms with Gasteiger partial charge in [0.2, 0.25) is 11.8 Å². The molecule has 0 N–H and O–H groups in total. The van der Waals surface area contributed by atoms with Crippen LogP contribution in [0.5, 0.6) is 5.88 Å². The summed E-state index contributed by atoms with van der Waals surface area (Å²) >= 11 is 1.64. The maximum Gasteiger partial charge on any atom is 0.228 e. The summed E-state index contributed by atoms with van der Waals surface area (Å²) in [6.45, 7) is 2.69. The van der Waals surface area contributed by atoms with Gasteiger partial charge in [-0.3, -0.25) is 0 Å². The zero-order valence-electron chi connectivity index (χ0n) is 10.0. The van der Waals surface area contributed by atoms with Crippen LogP contribution in [0.4, 0.5) is 5.95 Å². The van der Waals surface area contributed by atoms with Gasteiger partial charge in [-0.25, -0.2) is 9.97 Å². The highest BCUT2D eigenvalue weighted by molar-refractivity contribution is 7.09. The van der Waals surface area contributed by atoms with E-state index in [0.29, 0.717) is 18.4 Å². The third-order valence-electron chi connectivity index (χ3n) is 2.21. The molecule has 0 radical (unpaired) electrons. The summed E-state index contributed by atoms with van der Waals surface area (Å²) < 4.78 is 5.07. The standard InChI is InChI=1S/C11H14N4OS/c1-8-7-17-10(13-8)6-15(2)11-12-5-4-9(14-11)16-3/h4-5,7H,6H2,1-3H3. The van der Waals surface area contributed by atoms with Gasteiger partial charge in [0.1, 0.15) is 5.01 Å². The van der Waals surface area contributed by atoms with Gasteiger partial charge in [0, 0.05) is 30.4 Å². The lowest BCUT2D eigenvalue weighted by Crippen LogP contribution is -2.19. The van der Waals surface area contributed by atoms with E-state index in [1.807, 2.05) is 24.3 Å². The smallest absolute Gasteiger partial charge is 0.228 e. The molecule has 0 saturated carbocycles. The van der Waals surface area contributed by atoms with Crippen molar-refractivity contribution in [3.63, 3.8) is 0 Å². The number of anilines is 1. The van der Waals surface area contributed by atoms with E-state index in [9.17, 15) is 0 Å². The van der Waals surface area contributed by atoms with Crippen molar-refractivity contribution in [1.29, 1.82) is 0 Å². The van der Waals surface area contributed by atoms with Crippen LogP contribution >= 0.6 is 11.3 Å². The first kappa shape index (κ1) is 11.8. The van der Waals surface area contributed by atoms with Gasteiger partial charge in [-0.2, -0.15) is 4.98 Å². The van der Waals surface area contributed by atoms with Crippen molar-refractivity contribution >= 4 is 17.3 Å². The fraction of sp³-hybridized carbons (Fsp3) is 0.364. The summed E-state index contributed by atoms with van der Waals surface area (Å²) in [5.74, 6) is 1.20. The topological polar surface area (TPSA) is 51.1 Å². The van der Waals surface area contributed by atoms with Crippen LogP contribution in [-0.4, -0.2) is 29.1 Å². The molecule has 2 heterocycles. The Morgan fingerprint density at radius 1 is 1.41 bits per heavy atom. The number of aryl methyl sites for hydroxylation is 1. The highest BCUT2D eigenvalue weighted by atomic mass is 32.1. The molecule has 0 amide bonds. The normalized spacial score (nSPS) is 10.3. The van der Waals surface area contributed by atoms with E-state index in [1.165, 1.54) is 0 Å². The summed E-state index contributed by atoms with van der Waals surface area (Å²) in [4.78, 5) is 14.8. The minimum atomic E-state index is 0.567. The predicted molar refractivity (Wildman–Crippen MR) is 67.5 cm³/mol. The number of methoxy groups -OCH3 is 1. The zero-order valence-corrected chi connectivity index (χ0v) is 10.9. The Balaban J connectivity index is 2.11. The molecule has 90 valence electrons. The Morgan fingerprint density at radius 3 is 2.88 bits per heavy atom. The van der Waals surface area contributed by atoms with Crippen molar-refractivity contribution in [3.8, 4) is 5.88 Å². The van der Waals surface area contributed by atoms with E-state index in [-0.39, 0.29) is 0 Å². The van der Waals surface area contributed by atoms with Gasteiger partial charge in [0.25, 0.3) is 0 Å². The molecule has 0 spiro atoms. The average molecular weight is 250 g/mol. The van der Waals surface area contributed by atoms with E-state index < -0.39 is 0 Å². The lowest BCUT2D eigenvalue weighted by molar-refractivity contribution is 0.397. The molecule has 2 aromatic heterocycles. The minimum Gasteiger partial charge on any atom is -0.481 e. The van der Waals surface area contributed by atoms with Crippen LogP contribution in [0.25, 0.3) is 0 Å². The molecule has 0 saturated heterocycles. The molecule has 6 heteroatoms. The number of hydrogen-bond acceptors (Lipinski definition) is 6. The Hall–Kier alpha value is -1.69. The van der Waals surface area contributed by atoms with E-state index in [2.05, 4.69) is 15.0 Å². The molecule has 0 aliphatic carbocycles. The SMILES string of the molecule is COc1ccnc(N(C)Cc2nc(C)cs2)n1. The van der Waals surface area contributed by atoms with Crippen LogP contribution in [0.1, 0.15) is 10.7 Å². The number of nitrogens with zero attached hydrogens (tertiary/aromatic N) is 4. The minimum absolute atomic E-state index is 0.567. The van der Waals surface area contributed by atoms with Gasteiger partial charge in [-0.05, 0) is 6.92 Å². The number of rotatable bonds is 4. The quantitative estimate of drug-likeness (QED) is 0.829. The highest BCUT2D eigenvalue weighted by Crippen LogP contribution is 2.15. The lowest BCUT2D eigenvalue weighted by Gasteiger charge is -2.15. The van der Waals surface area contributed by atoms with E-state index in [0.717, 1.165) is 10.7 Å². The Bertz CT molecular complexity index is 500. The second-order valence-electron chi connectivity index (χ2n) is 3.64. The Morgan fingerprint density at radius 2 is 2.24 bits per heavy atom. The van der Waals surface area contributed by atoms with Crippen molar-refractivity contribution < 1.29 is 4.74 Å². The van der Waals surface area contributed by atoms with Gasteiger partial charge in [0.05, 0.1) is 13.7 Å². The molecule has 0 atom stereocenters. The molecule has 0 bridgehead atoms. The number of ether oxygens (including phenoxy) is 1. The van der Waals surface area contributed by atoms with Gasteiger partial charge in [0.15, 0.2) is 0 Å². The summed E-state index contributed by atoms with van der Waals surface area (Å²) in [6.07, 6.45) is 1.69. The van der Waals surface area contributed by atoms with Crippen molar-refractivity contribution in [3.05, 3.63) is 28.3 Å². The molecule has 5 nitrogen and oxygen atoms in total.